The Kier molecular flexibility index (Phi) is 5.88. The van der Waals surface area contributed by atoms with Crippen LogP contribution in [0, 0.1) is 0 Å². The summed E-state index contributed by atoms with van der Waals surface area (Å²) in [6.07, 6.45) is 1.13. The van der Waals surface area contributed by atoms with E-state index in [1.807, 2.05) is 0 Å². The van der Waals surface area contributed by atoms with Gasteiger partial charge in [-0.3, -0.25) is 9.52 Å². The van der Waals surface area contributed by atoms with Crippen LogP contribution >= 0.6 is 0 Å². The summed E-state index contributed by atoms with van der Waals surface area (Å²) in [5.41, 5.74) is 0.0460. The Morgan fingerprint density at radius 3 is 2.00 bits per heavy atom. The lowest BCUT2D eigenvalue weighted by Gasteiger charge is -2.18. The molecular weight excluding hydrogens is 464 g/mol. The Labute approximate surface area is 191 Å². The van der Waals surface area contributed by atoms with Gasteiger partial charge in [-0.1, -0.05) is 42.5 Å². The molecule has 3 aromatic rings. The molecule has 168 valence electrons. The van der Waals surface area contributed by atoms with Gasteiger partial charge in [-0.2, -0.15) is 12.8 Å². The van der Waals surface area contributed by atoms with Crippen LogP contribution in [0.5, 0.6) is 5.75 Å². The van der Waals surface area contributed by atoms with Crippen LogP contribution in [0.25, 0.3) is 0 Å². The second kappa shape index (κ2) is 8.64. The van der Waals surface area contributed by atoms with Crippen molar-refractivity contribution in [1.29, 1.82) is 0 Å². The molecule has 1 aliphatic carbocycles. The van der Waals surface area contributed by atoms with Gasteiger partial charge in [0.2, 0.25) is 5.78 Å². The number of methoxy groups -OCH3 is 1. The summed E-state index contributed by atoms with van der Waals surface area (Å²) in [6, 6.07) is 19.5. The molecule has 10 heteroatoms. The zero-order valence-electron chi connectivity index (χ0n) is 17.3. The molecule has 0 radical (unpaired) electrons. The van der Waals surface area contributed by atoms with E-state index in [1.165, 1.54) is 49.6 Å². The molecule has 3 aromatic carbocycles. The van der Waals surface area contributed by atoms with Crippen molar-refractivity contribution in [3.63, 3.8) is 0 Å². The molecule has 0 aliphatic heterocycles. The van der Waals surface area contributed by atoms with Crippen LogP contribution in [0.15, 0.2) is 105 Å². The highest BCUT2D eigenvalue weighted by atomic mass is 32.2. The highest BCUT2D eigenvalue weighted by Crippen LogP contribution is 2.25. The van der Waals surface area contributed by atoms with E-state index in [0.717, 1.165) is 6.08 Å². The van der Waals surface area contributed by atoms with Gasteiger partial charge in [0, 0.05) is 11.1 Å². The Balaban J connectivity index is 1.80. The van der Waals surface area contributed by atoms with Crippen molar-refractivity contribution in [2.45, 2.75) is 9.79 Å². The number of rotatable bonds is 6. The third-order valence-corrected chi connectivity index (χ3v) is 7.53. The molecule has 0 saturated carbocycles. The number of hydrogen-bond acceptors (Lipinski definition) is 6. The first kappa shape index (κ1) is 22.4. The summed E-state index contributed by atoms with van der Waals surface area (Å²) in [6.45, 7) is 0. The number of fused-ring (bicyclic) bond motifs is 1. The molecule has 0 unspecified atom stereocenters. The fourth-order valence-electron chi connectivity index (χ4n) is 3.21. The van der Waals surface area contributed by atoms with Crippen LogP contribution in [0.2, 0.25) is 0 Å². The van der Waals surface area contributed by atoms with E-state index in [9.17, 15) is 21.6 Å². The van der Waals surface area contributed by atoms with Gasteiger partial charge in [-0.05, 0) is 42.5 Å². The average Bonchev–Trinajstić information content (AvgIpc) is 2.82. The summed E-state index contributed by atoms with van der Waals surface area (Å²) in [4.78, 5) is 12.8. The number of ether oxygens (including phenoxy) is 1. The second-order valence-corrected chi connectivity index (χ2v) is 10.3. The van der Waals surface area contributed by atoms with Crippen molar-refractivity contribution in [1.82, 2.24) is 4.72 Å². The highest BCUT2D eigenvalue weighted by Gasteiger charge is 2.29. The fourth-order valence-corrected chi connectivity index (χ4v) is 5.28. The van der Waals surface area contributed by atoms with Gasteiger partial charge in [-0.25, -0.2) is 8.42 Å². The minimum Gasteiger partial charge on any atom is -0.497 e. The molecule has 1 N–H and O–H groups in total. The summed E-state index contributed by atoms with van der Waals surface area (Å²) >= 11 is 0. The predicted molar refractivity (Wildman–Crippen MR) is 122 cm³/mol. The number of ketones is 1. The number of benzene rings is 3. The van der Waals surface area contributed by atoms with E-state index >= 15 is 0 Å². The lowest BCUT2D eigenvalue weighted by molar-refractivity contribution is 0.102. The summed E-state index contributed by atoms with van der Waals surface area (Å²) in [7, 11) is -6.78. The number of Topliss-reactive ketones (excluding diaryl/α,β-unsaturated/α-hetero) is 1. The zero-order chi connectivity index (χ0) is 23.6. The van der Waals surface area contributed by atoms with E-state index in [4.69, 9.17) is 4.74 Å². The molecule has 33 heavy (non-hydrogen) atoms. The van der Waals surface area contributed by atoms with Crippen LogP contribution < -0.4 is 9.46 Å². The van der Waals surface area contributed by atoms with Gasteiger partial charge in [0.15, 0.2) is 0 Å². The maximum Gasteiger partial charge on any atom is 0.282 e. The number of sulfonamides is 2. The molecule has 0 spiro atoms. The van der Waals surface area contributed by atoms with E-state index in [2.05, 4.69) is 9.12 Å². The van der Waals surface area contributed by atoms with Crippen LogP contribution in [0.3, 0.4) is 0 Å². The second-order valence-electron chi connectivity index (χ2n) is 6.98. The molecule has 0 bridgehead atoms. The standard InChI is InChI=1S/C23H18N2O6S2/c1-31-16-11-13-18(14-12-16)33(29,30)24-21-15-22(23(26)20-10-6-5-9-19(20)21)25-32(27,28)17-7-3-2-4-8-17/h2-15,25H,1H3/b24-21+. The van der Waals surface area contributed by atoms with Crippen molar-refractivity contribution in [2.24, 2.45) is 4.40 Å². The number of allylic oxidation sites excluding steroid dienone is 2. The average molecular weight is 483 g/mol. The van der Waals surface area contributed by atoms with E-state index in [1.54, 1.807) is 36.4 Å². The molecule has 8 nitrogen and oxygen atoms in total. The Bertz CT molecular complexity index is 1490. The topological polar surface area (TPSA) is 119 Å². The van der Waals surface area contributed by atoms with E-state index in [-0.39, 0.29) is 32.3 Å². The fraction of sp³-hybridized carbons (Fsp3) is 0.0435. The van der Waals surface area contributed by atoms with E-state index in [0.29, 0.717) is 5.75 Å². The normalized spacial score (nSPS) is 15.0. The summed E-state index contributed by atoms with van der Waals surface area (Å²) in [5, 5.41) is 0. The Hall–Kier alpha value is -3.76. The Morgan fingerprint density at radius 2 is 1.36 bits per heavy atom. The monoisotopic (exact) mass is 482 g/mol. The lowest BCUT2D eigenvalue weighted by atomic mass is 9.93. The molecule has 0 heterocycles. The lowest BCUT2D eigenvalue weighted by Crippen LogP contribution is -2.31. The minimum absolute atomic E-state index is 0.0399. The van der Waals surface area contributed by atoms with Crippen LogP contribution in [0.4, 0.5) is 0 Å². The van der Waals surface area contributed by atoms with Gasteiger partial charge in [0.1, 0.15) is 5.75 Å². The SMILES string of the molecule is COc1ccc(S(=O)(=O)/N=C2\C=C(NS(=O)(=O)c3ccccc3)C(=O)c3ccccc32)cc1. The van der Waals surface area contributed by atoms with Crippen molar-refractivity contribution in [3.05, 3.63) is 102 Å². The summed E-state index contributed by atoms with van der Waals surface area (Å²) < 4.78 is 62.6. The third kappa shape index (κ3) is 4.57. The van der Waals surface area contributed by atoms with Crippen molar-refractivity contribution >= 4 is 31.5 Å². The molecule has 0 amide bonds. The highest BCUT2D eigenvalue weighted by molar-refractivity contribution is 7.90. The molecular formula is C23H18N2O6S2. The number of carbonyl (C=O) groups is 1. The van der Waals surface area contributed by atoms with Crippen molar-refractivity contribution < 1.29 is 26.4 Å². The molecule has 0 saturated heterocycles. The molecule has 0 fully saturated rings. The third-order valence-electron chi connectivity index (χ3n) is 4.85. The quantitative estimate of drug-likeness (QED) is 0.577. The maximum absolute atomic E-state index is 13.0. The van der Waals surface area contributed by atoms with Crippen molar-refractivity contribution in [3.8, 4) is 5.75 Å². The number of hydrogen-bond donors (Lipinski definition) is 1. The number of nitrogens with zero attached hydrogens (tertiary/aromatic N) is 1. The molecule has 0 atom stereocenters. The van der Waals surface area contributed by atoms with Gasteiger partial charge in [0.05, 0.1) is 28.3 Å². The molecule has 0 aromatic heterocycles. The van der Waals surface area contributed by atoms with Gasteiger partial charge >= 0.3 is 0 Å². The predicted octanol–water partition coefficient (Wildman–Crippen LogP) is 2.93. The van der Waals surface area contributed by atoms with E-state index < -0.39 is 25.8 Å². The first-order valence-corrected chi connectivity index (χ1v) is 12.6. The molecule has 1 aliphatic rings. The number of carbonyl (C=O) groups excluding carboxylic acids is 1. The minimum atomic E-state index is -4.17. The van der Waals surface area contributed by atoms with Crippen molar-refractivity contribution in [2.75, 3.05) is 7.11 Å². The Morgan fingerprint density at radius 1 is 0.758 bits per heavy atom. The summed E-state index contributed by atoms with van der Waals surface area (Å²) in [5.74, 6) is -0.112. The maximum atomic E-state index is 13.0. The smallest absolute Gasteiger partial charge is 0.282 e. The van der Waals surface area contributed by atoms with Crippen LogP contribution in [0.1, 0.15) is 15.9 Å². The zero-order valence-corrected chi connectivity index (χ0v) is 18.9. The molecule has 4 rings (SSSR count). The van der Waals surface area contributed by atoms with Gasteiger partial charge in [-0.15, -0.1) is 0 Å². The van der Waals surface area contributed by atoms with Gasteiger partial charge < -0.3 is 4.74 Å². The van der Waals surface area contributed by atoms with Crippen LogP contribution in [-0.2, 0) is 20.0 Å². The largest absolute Gasteiger partial charge is 0.497 e. The first-order chi connectivity index (χ1) is 15.7. The first-order valence-electron chi connectivity index (χ1n) is 9.64. The van der Waals surface area contributed by atoms with Crippen LogP contribution in [-0.4, -0.2) is 35.4 Å². The van der Waals surface area contributed by atoms with Gasteiger partial charge in [0.25, 0.3) is 20.0 Å². The number of nitrogens with one attached hydrogen (secondary N) is 1.